The number of hydrogen-bond acceptors (Lipinski definition) is 3. The van der Waals surface area contributed by atoms with Crippen molar-refractivity contribution in [1.29, 1.82) is 0 Å². The second kappa shape index (κ2) is 6.05. The van der Waals surface area contributed by atoms with Gasteiger partial charge >= 0.3 is 0 Å². The highest BCUT2D eigenvalue weighted by molar-refractivity contribution is 5.33. The summed E-state index contributed by atoms with van der Waals surface area (Å²) in [6.07, 6.45) is 1.78. The van der Waals surface area contributed by atoms with Crippen molar-refractivity contribution in [2.45, 2.75) is 26.6 Å². The number of ether oxygens (including phenoxy) is 2. The third-order valence-corrected chi connectivity index (χ3v) is 2.32. The first kappa shape index (κ1) is 12.4. The maximum atomic E-state index is 5.74. The van der Waals surface area contributed by atoms with Crippen molar-refractivity contribution in [3.63, 3.8) is 0 Å². The van der Waals surface area contributed by atoms with Gasteiger partial charge in [0.2, 0.25) is 0 Å². The molecular formula is C15H17NO2. The molecule has 0 saturated carbocycles. The van der Waals surface area contributed by atoms with Gasteiger partial charge in [-0.15, -0.1) is 0 Å². The fourth-order valence-electron chi connectivity index (χ4n) is 1.53. The van der Waals surface area contributed by atoms with Gasteiger partial charge in [-0.05, 0) is 31.5 Å². The molecule has 0 saturated heterocycles. The minimum atomic E-state index is 0.0824. The Morgan fingerprint density at radius 3 is 2.56 bits per heavy atom. The summed E-state index contributed by atoms with van der Waals surface area (Å²) in [5.74, 6) is 1.22. The smallest absolute Gasteiger partial charge is 0.257 e. The van der Waals surface area contributed by atoms with E-state index in [0.29, 0.717) is 18.2 Å². The van der Waals surface area contributed by atoms with Crippen molar-refractivity contribution in [3.8, 4) is 11.6 Å². The highest BCUT2D eigenvalue weighted by Gasteiger charge is 2.07. The van der Waals surface area contributed by atoms with Crippen LogP contribution in [0.5, 0.6) is 11.6 Å². The lowest BCUT2D eigenvalue weighted by Crippen LogP contribution is -2.08. The maximum Gasteiger partial charge on any atom is 0.257 e. The van der Waals surface area contributed by atoms with Gasteiger partial charge in [0, 0.05) is 6.20 Å². The zero-order chi connectivity index (χ0) is 12.8. The first-order chi connectivity index (χ1) is 8.75. The van der Waals surface area contributed by atoms with Gasteiger partial charge in [-0.1, -0.05) is 30.3 Å². The number of aromatic nitrogens is 1. The first-order valence-electron chi connectivity index (χ1n) is 6.04. The van der Waals surface area contributed by atoms with E-state index in [1.165, 1.54) is 0 Å². The van der Waals surface area contributed by atoms with Crippen molar-refractivity contribution in [1.82, 2.24) is 4.98 Å². The second-order valence-corrected chi connectivity index (χ2v) is 4.25. The molecule has 2 rings (SSSR count). The van der Waals surface area contributed by atoms with Crippen molar-refractivity contribution < 1.29 is 9.47 Å². The molecule has 3 nitrogen and oxygen atoms in total. The molecule has 18 heavy (non-hydrogen) atoms. The lowest BCUT2D eigenvalue weighted by atomic mass is 10.2. The van der Waals surface area contributed by atoms with E-state index in [4.69, 9.17) is 9.47 Å². The van der Waals surface area contributed by atoms with Crippen molar-refractivity contribution in [3.05, 3.63) is 54.2 Å². The molecule has 0 unspecified atom stereocenters. The Hall–Kier alpha value is -2.03. The van der Waals surface area contributed by atoms with Crippen molar-refractivity contribution in [2.75, 3.05) is 0 Å². The van der Waals surface area contributed by atoms with Crippen LogP contribution < -0.4 is 9.47 Å². The van der Waals surface area contributed by atoms with E-state index in [1.54, 1.807) is 6.20 Å². The molecule has 1 aromatic carbocycles. The number of rotatable bonds is 5. The van der Waals surface area contributed by atoms with Crippen LogP contribution in [-0.2, 0) is 6.61 Å². The van der Waals surface area contributed by atoms with Gasteiger partial charge in [0.25, 0.3) is 5.88 Å². The minimum absolute atomic E-state index is 0.0824. The maximum absolute atomic E-state index is 5.74. The summed E-state index contributed by atoms with van der Waals surface area (Å²) < 4.78 is 11.3. The van der Waals surface area contributed by atoms with E-state index in [1.807, 2.05) is 56.3 Å². The zero-order valence-electron chi connectivity index (χ0n) is 10.7. The molecule has 0 N–H and O–H groups in total. The first-order valence-corrected chi connectivity index (χ1v) is 6.04. The molecule has 0 spiro atoms. The Labute approximate surface area is 107 Å². The summed E-state index contributed by atoms with van der Waals surface area (Å²) in [6.45, 7) is 4.45. The summed E-state index contributed by atoms with van der Waals surface area (Å²) in [4.78, 5) is 4.18. The Morgan fingerprint density at radius 2 is 1.83 bits per heavy atom. The van der Waals surface area contributed by atoms with Crippen LogP contribution in [-0.4, -0.2) is 11.1 Å². The monoisotopic (exact) mass is 243 g/mol. The molecule has 0 amide bonds. The van der Waals surface area contributed by atoms with Gasteiger partial charge in [-0.3, -0.25) is 0 Å². The van der Waals surface area contributed by atoms with Gasteiger partial charge in [0.05, 0.1) is 6.10 Å². The average Bonchev–Trinajstić information content (AvgIpc) is 2.38. The van der Waals surface area contributed by atoms with Crippen LogP contribution in [0.2, 0.25) is 0 Å². The highest BCUT2D eigenvalue weighted by Crippen LogP contribution is 2.25. The summed E-state index contributed by atoms with van der Waals surface area (Å²) in [7, 11) is 0. The number of nitrogens with zero attached hydrogens (tertiary/aromatic N) is 1. The minimum Gasteiger partial charge on any atom is -0.483 e. The van der Waals surface area contributed by atoms with Crippen molar-refractivity contribution >= 4 is 0 Å². The molecule has 0 aliphatic heterocycles. The van der Waals surface area contributed by atoms with Gasteiger partial charge in [0.1, 0.15) is 6.61 Å². The van der Waals surface area contributed by atoms with Gasteiger partial charge in [-0.2, -0.15) is 0 Å². The van der Waals surface area contributed by atoms with E-state index in [0.717, 1.165) is 5.56 Å². The second-order valence-electron chi connectivity index (χ2n) is 4.25. The lowest BCUT2D eigenvalue weighted by Gasteiger charge is -2.13. The number of pyridine rings is 1. The summed E-state index contributed by atoms with van der Waals surface area (Å²) in [6, 6.07) is 13.7. The number of benzene rings is 1. The molecule has 0 radical (unpaired) electrons. The summed E-state index contributed by atoms with van der Waals surface area (Å²) in [5.41, 5.74) is 1.12. The highest BCUT2D eigenvalue weighted by atomic mass is 16.5. The molecule has 0 aliphatic rings. The third kappa shape index (κ3) is 3.48. The predicted octanol–water partition coefficient (Wildman–Crippen LogP) is 3.45. The zero-order valence-corrected chi connectivity index (χ0v) is 10.7. The van der Waals surface area contributed by atoms with Crippen LogP contribution >= 0.6 is 0 Å². The van der Waals surface area contributed by atoms with Crippen LogP contribution in [0.4, 0.5) is 0 Å². The molecule has 0 aliphatic carbocycles. The fraction of sp³-hybridized carbons (Fsp3) is 0.267. The normalized spacial score (nSPS) is 10.4. The Bertz CT molecular complexity index is 483. The topological polar surface area (TPSA) is 31.4 Å². The SMILES string of the molecule is CC(C)Oc1ncccc1OCc1ccccc1. The molecule has 0 bridgehead atoms. The molecule has 0 fully saturated rings. The van der Waals surface area contributed by atoms with E-state index in [9.17, 15) is 0 Å². The molecular weight excluding hydrogens is 226 g/mol. The largest absolute Gasteiger partial charge is 0.483 e. The summed E-state index contributed by atoms with van der Waals surface area (Å²) in [5, 5.41) is 0. The Kier molecular flexibility index (Phi) is 4.18. The van der Waals surface area contributed by atoms with E-state index >= 15 is 0 Å². The lowest BCUT2D eigenvalue weighted by molar-refractivity contribution is 0.209. The van der Waals surface area contributed by atoms with Crippen LogP contribution in [0.15, 0.2) is 48.7 Å². The fourth-order valence-corrected chi connectivity index (χ4v) is 1.53. The molecule has 1 heterocycles. The standard InChI is InChI=1S/C15H17NO2/c1-12(2)18-15-14(9-6-10-16-15)17-11-13-7-4-3-5-8-13/h3-10,12H,11H2,1-2H3. The van der Waals surface area contributed by atoms with Crippen LogP contribution in [0.3, 0.4) is 0 Å². The predicted molar refractivity (Wildman–Crippen MR) is 70.8 cm³/mol. The molecule has 1 aromatic heterocycles. The Balaban J connectivity index is 2.05. The van der Waals surface area contributed by atoms with Crippen molar-refractivity contribution in [2.24, 2.45) is 0 Å². The summed E-state index contributed by atoms with van der Waals surface area (Å²) >= 11 is 0. The molecule has 2 aromatic rings. The average molecular weight is 243 g/mol. The number of hydrogen-bond donors (Lipinski definition) is 0. The quantitative estimate of drug-likeness (QED) is 0.806. The molecule has 94 valence electrons. The van der Waals surface area contributed by atoms with E-state index in [2.05, 4.69) is 4.98 Å². The van der Waals surface area contributed by atoms with E-state index < -0.39 is 0 Å². The third-order valence-electron chi connectivity index (χ3n) is 2.32. The van der Waals surface area contributed by atoms with Crippen LogP contribution in [0.25, 0.3) is 0 Å². The van der Waals surface area contributed by atoms with Gasteiger partial charge in [-0.25, -0.2) is 4.98 Å². The van der Waals surface area contributed by atoms with Gasteiger partial charge in [0.15, 0.2) is 5.75 Å². The molecule has 0 atom stereocenters. The van der Waals surface area contributed by atoms with E-state index in [-0.39, 0.29) is 6.10 Å². The van der Waals surface area contributed by atoms with Gasteiger partial charge < -0.3 is 9.47 Å². The molecule has 3 heteroatoms. The van der Waals surface area contributed by atoms with Crippen LogP contribution in [0.1, 0.15) is 19.4 Å². The Morgan fingerprint density at radius 1 is 1.06 bits per heavy atom. The van der Waals surface area contributed by atoms with Crippen LogP contribution in [0, 0.1) is 0 Å².